The maximum Gasteiger partial charge on any atom is 0.248 e. The number of carbonyl (C=O) groups excluding carboxylic acids is 1. The summed E-state index contributed by atoms with van der Waals surface area (Å²) in [4.78, 5) is 14.6. The molecule has 1 amide bonds. The molecule has 9 heteroatoms. The highest BCUT2D eigenvalue weighted by atomic mass is 32.2. The van der Waals surface area contributed by atoms with Gasteiger partial charge in [0.25, 0.3) is 0 Å². The molecule has 0 spiro atoms. The number of carbonyl (C=O) groups is 1. The molecule has 4 rings (SSSR count). The van der Waals surface area contributed by atoms with Gasteiger partial charge in [0.1, 0.15) is 11.5 Å². The van der Waals surface area contributed by atoms with Crippen LogP contribution < -0.4 is 0 Å². The molecule has 2 aliphatic heterocycles. The molecule has 1 atom stereocenters. The first-order valence-corrected chi connectivity index (χ1v) is 12.0. The standard InChI is InChI=1S/C22H26FN3O4S/c1-16-21(20(30-24-16)11-10-17-7-2-3-9-19(17)23)31(28,29)26-14-6-8-18(15-26)22(27)25-12-4-5-13-25/h2-3,7,9-11,18H,4-6,8,12-15H2,1H3/b11-10+/t18-/m1/s1. The number of rotatable bonds is 5. The number of benzene rings is 1. The maximum atomic E-state index is 13.9. The van der Waals surface area contributed by atoms with Gasteiger partial charge >= 0.3 is 0 Å². The number of hydrogen-bond donors (Lipinski definition) is 0. The number of sulfonamides is 1. The van der Waals surface area contributed by atoms with E-state index < -0.39 is 15.8 Å². The summed E-state index contributed by atoms with van der Waals surface area (Å²) in [6.07, 6.45) is 6.18. The molecule has 2 aromatic rings. The molecule has 0 aliphatic carbocycles. The van der Waals surface area contributed by atoms with Crippen molar-refractivity contribution in [3.05, 3.63) is 47.1 Å². The van der Waals surface area contributed by atoms with Crippen LogP contribution in [0.4, 0.5) is 4.39 Å². The van der Waals surface area contributed by atoms with E-state index in [9.17, 15) is 17.6 Å². The van der Waals surface area contributed by atoms with Gasteiger partial charge in [-0.05, 0) is 50.8 Å². The Bertz CT molecular complexity index is 1090. The Hall–Kier alpha value is -2.52. The van der Waals surface area contributed by atoms with Crippen molar-refractivity contribution in [2.45, 2.75) is 37.5 Å². The summed E-state index contributed by atoms with van der Waals surface area (Å²) >= 11 is 0. The lowest BCUT2D eigenvalue weighted by Crippen LogP contribution is -2.46. The highest BCUT2D eigenvalue weighted by Gasteiger charge is 2.38. The van der Waals surface area contributed by atoms with Crippen LogP contribution in [-0.4, -0.2) is 54.9 Å². The van der Waals surface area contributed by atoms with Crippen LogP contribution in [0.3, 0.4) is 0 Å². The SMILES string of the molecule is Cc1noc(/C=C/c2ccccc2F)c1S(=O)(=O)N1CCC[C@@H](C(=O)N2CCCC2)C1. The molecule has 0 unspecified atom stereocenters. The molecule has 7 nitrogen and oxygen atoms in total. The van der Waals surface area contributed by atoms with E-state index in [0.717, 1.165) is 25.9 Å². The molecule has 0 bridgehead atoms. The Kier molecular flexibility index (Phi) is 6.24. The van der Waals surface area contributed by atoms with Crippen LogP contribution in [0.5, 0.6) is 0 Å². The number of aryl methyl sites for hydroxylation is 1. The van der Waals surface area contributed by atoms with Crippen molar-refractivity contribution in [1.82, 2.24) is 14.4 Å². The average Bonchev–Trinajstić information content (AvgIpc) is 3.43. The van der Waals surface area contributed by atoms with E-state index in [1.807, 2.05) is 4.90 Å². The second-order valence-electron chi connectivity index (χ2n) is 8.05. The monoisotopic (exact) mass is 447 g/mol. The largest absolute Gasteiger partial charge is 0.355 e. The van der Waals surface area contributed by atoms with Gasteiger partial charge < -0.3 is 9.42 Å². The highest BCUT2D eigenvalue weighted by molar-refractivity contribution is 7.89. The van der Waals surface area contributed by atoms with Gasteiger partial charge in [0.05, 0.1) is 5.92 Å². The summed E-state index contributed by atoms with van der Waals surface area (Å²) in [6, 6.07) is 6.19. The molecular weight excluding hydrogens is 421 g/mol. The number of likely N-dealkylation sites (tertiary alicyclic amines) is 1. The number of hydrogen-bond acceptors (Lipinski definition) is 5. The van der Waals surface area contributed by atoms with Crippen LogP contribution in [0.15, 0.2) is 33.7 Å². The molecule has 2 saturated heterocycles. The van der Waals surface area contributed by atoms with Gasteiger partial charge in [0.15, 0.2) is 10.7 Å². The van der Waals surface area contributed by atoms with E-state index in [1.165, 1.54) is 22.5 Å². The van der Waals surface area contributed by atoms with E-state index >= 15 is 0 Å². The zero-order chi connectivity index (χ0) is 22.0. The summed E-state index contributed by atoms with van der Waals surface area (Å²) in [7, 11) is -3.92. The zero-order valence-corrected chi connectivity index (χ0v) is 18.3. The molecule has 1 aromatic carbocycles. The van der Waals surface area contributed by atoms with Crippen LogP contribution in [-0.2, 0) is 14.8 Å². The van der Waals surface area contributed by atoms with Crippen LogP contribution in [0.1, 0.15) is 42.7 Å². The van der Waals surface area contributed by atoms with Gasteiger partial charge in [-0.15, -0.1) is 0 Å². The van der Waals surface area contributed by atoms with Gasteiger partial charge in [0, 0.05) is 31.7 Å². The van der Waals surface area contributed by atoms with Gasteiger partial charge in [-0.2, -0.15) is 4.31 Å². The molecule has 2 aliphatic rings. The lowest BCUT2D eigenvalue weighted by Gasteiger charge is -2.33. The lowest BCUT2D eigenvalue weighted by atomic mass is 9.98. The Morgan fingerprint density at radius 2 is 1.90 bits per heavy atom. The first kappa shape index (κ1) is 21.7. The first-order valence-electron chi connectivity index (χ1n) is 10.6. The third kappa shape index (κ3) is 4.43. The zero-order valence-electron chi connectivity index (χ0n) is 17.5. The van der Waals surface area contributed by atoms with Crippen LogP contribution in [0.2, 0.25) is 0 Å². The van der Waals surface area contributed by atoms with Gasteiger partial charge in [0.2, 0.25) is 15.9 Å². The number of amides is 1. The van der Waals surface area contributed by atoms with Crippen molar-refractivity contribution in [2.24, 2.45) is 5.92 Å². The second kappa shape index (κ2) is 8.92. The number of piperidine rings is 1. The second-order valence-corrected chi connectivity index (χ2v) is 9.93. The summed E-state index contributed by atoms with van der Waals surface area (Å²) in [6.45, 7) is 3.55. The third-order valence-electron chi connectivity index (χ3n) is 5.90. The van der Waals surface area contributed by atoms with Gasteiger partial charge in [-0.25, -0.2) is 12.8 Å². The van der Waals surface area contributed by atoms with E-state index in [1.54, 1.807) is 25.1 Å². The first-order chi connectivity index (χ1) is 14.9. The molecule has 31 heavy (non-hydrogen) atoms. The van der Waals surface area contributed by atoms with Crippen molar-refractivity contribution >= 4 is 28.1 Å². The fourth-order valence-corrected chi connectivity index (χ4v) is 6.04. The van der Waals surface area contributed by atoms with E-state index in [-0.39, 0.29) is 34.7 Å². The van der Waals surface area contributed by atoms with Crippen LogP contribution in [0, 0.1) is 18.7 Å². The van der Waals surface area contributed by atoms with Crippen molar-refractivity contribution in [3.63, 3.8) is 0 Å². The van der Waals surface area contributed by atoms with E-state index in [4.69, 9.17) is 4.52 Å². The van der Waals surface area contributed by atoms with Gasteiger partial charge in [-0.3, -0.25) is 4.79 Å². The molecular formula is C22H26FN3O4S. The van der Waals surface area contributed by atoms with Crippen LogP contribution >= 0.6 is 0 Å². The molecule has 0 saturated carbocycles. The van der Waals surface area contributed by atoms with Crippen molar-refractivity contribution in [2.75, 3.05) is 26.2 Å². The average molecular weight is 448 g/mol. The minimum Gasteiger partial charge on any atom is -0.355 e. The van der Waals surface area contributed by atoms with Crippen molar-refractivity contribution < 1.29 is 22.1 Å². The fraction of sp³-hybridized carbons (Fsp3) is 0.455. The maximum absolute atomic E-state index is 13.9. The quantitative estimate of drug-likeness (QED) is 0.702. The smallest absolute Gasteiger partial charge is 0.248 e. The Morgan fingerprint density at radius 3 is 2.65 bits per heavy atom. The number of halogens is 1. The summed E-state index contributed by atoms with van der Waals surface area (Å²) in [5, 5.41) is 3.83. The van der Waals surface area contributed by atoms with Crippen molar-refractivity contribution in [3.8, 4) is 0 Å². The third-order valence-corrected chi connectivity index (χ3v) is 7.93. The predicted octanol–water partition coefficient (Wildman–Crippen LogP) is 3.32. The number of aromatic nitrogens is 1. The fourth-order valence-electron chi connectivity index (χ4n) is 4.26. The Morgan fingerprint density at radius 1 is 1.16 bits per heavy atom. The van der Waals surface area contributed by atoms with Crippen LogP contribution in [0.25, 0.3) is 12.2 Å². The number of nitrogens with zero attached hydrogens (tertiary/aromatic N) is 3. The van der Waals surface area contributed by atoms with E-state index in [2.05, 4.69) is 5.16 Å². The Balaban J connectivity index is 1.58. The summed E-state index contributed by atoms with van der Waals surface area (Å²) in [5.41, 5.74) is 0.551. The highest BCUT2D eigenvalue weighted by Crippen LogP contribution is 2.30. The van der Waals surface area contributed by atoms with Crippen molar-refractivity contribution in [1.29, 1.82) is 0 Å². The molecule has 3 heterocycles. The van der Waals surface area contributed by atoms with E-state index in [0.29, 0.717) is 24.9 Å². The van der Waals surface area contributed by atoms with Gasteiger partial charge in [-0.1, -0.05) is 23.4 Å². The molecule has 1 aromatic heterocycles. The normalized spacial score (nSPS) is 20.6. The summed E-state index contributed by atoms with van der Waals surface area (Å²) < 4.78 is 47.4. The minimum absolute atomic E-state index is 0.0330. The molecule has 0 radical (unpaired) electrons. The molecule has 2 fully saturated rings. The predicted molar refractivity (Wildman–Crippen MR) is 114 cm³/mol. The molecule has 166 valence electrons. The molecule has 0 N–H and O–H groups in total. The minimum atomic E-state index is -3.92. The topological polar surface area (TPSA) is 83.7 Å². The lowest BCUT2D eigenvalue weighted by molar-refractivity contribution is -0.135. The Labute approximate surface area is 181 Å². The summed E-state index contributed by atoms with van der Waals surface area (Å²) in [5.74, 6) is -0.661.